The topological polar surface area (TPSA) is 43.6 Å². The lowest BCUT2D eigenvalue weighted by Crippen LogP contribution is -1.99. The summed E-state index contributed by atoms with van der Waals surface area (Å²) in [6.45, 7) is 0. The predicted molar refractivity (Wildman–Crippen MR) is 243 cm³/mol. The fourth-order valence-electron chi connectivity index (χ4n) is 8.84. The molecule has 9 aromatic carbocycles. The van der Waals surface area contributed by atoms with Crippen LogP contribution in [0.25, 0.3) is 117 Å². The molecule has 59 heavy (non-hydrogen) atoms. The van der Waals surface area contributed by atoms with E-state index in [1.165, 1.54) is 43.8 Å². The van der Waals surface area contributed by atoms with Crippen molar-refractivity contribution in [1.29, 1.82) is 0 Å². The molecule has 2 aromatic heterocycles. The van der Waals surface area contributed by atoms with Crippen LogP contribution in [0.2, 0.25) is 0 Å². The summed E-state index contributed by atoms with van der Waals surface area (Å²) in [6.07, 6.45) is 0. The molecule has 1 aliphatic heterocycles. The van der Waals surface area contributed by atoms with Crippen LogP contribution < -0.4 is 0 Å². The van der Waals surface area contributed by atoms with Crippen molar-refractivity contribution in [1.82, 2.24) is 19.5 Å². The van der Waals surface area contributed by atoms with Crippen LogP contribution in [0, 0.1) is 0 Å². The van der Waals surface area contributed by atoms with Crippen LogP contribution in [0.1, 0.15) is 0 Å². The van der Waals surface area contributed by atoms with Crippen LogP contribution >= 0.6 is 0 Å². The molecule has 0 amide bonds. The normalized spacial score (nSPS) is 11.7. The van der Waals surface area contributed by atoms with Crippen molar-refractivity contribution < 1.29 is 0 Å². The van der Waals surface area contributed by atoms with E-state index in [1.807, 2.05) is 0 Å². The molecule has 0 fully saturated rings. The van der Waals surface area contributed by atoms with Gasteiger partial charge in [-0.1, -0.05) is 170 Å². The summed E-state index contributed by atoms with van der Waals surface area (Å²) >= 11 is 0. The largest absolute Gasteiger partial charge is 0.291 e. The fraction of sp³-hybridized carbons (Fsp3) is 0. The van der Waals surface area contributed by atoms with Gasteiger partial charge in [0.15, 0.2) is 5.82 Å². The van der Waals surface area contributed by atoms with E-state index in [9.17, 15) is 0 Å². The third-order valence-electron chi connectivity index (χ3n) is 11.7. The summed E-state index contributed by atoms with van der Waals surface area (Å²) in [7, 11) is 0. The Bertz CT molecular complexity index is 3350. The molecule has 0 saturated heterocycles. The highest BCUT2D eigenvalue weighted by molar-refractivity contribution is 6.03. The van der Waals surface area contributed by atoms with E-state index in [0.29, 0.717) is 5.82 Å². The third-order valence-corrected chi connectivity index (χ3v) is 11.7. The van der Waals surface area contributed by atoms with E-state index in [2.05, 4.69) is 211 Å². The Balaban J connectivity index is 0.956. The maximum atomic E-state index is 5.27. The molecular formula is C55H34N4. The van der Waals surface area contributed by atoms with Gasteiger partial charge in [-0.05, 0) is 80.2 Å². The zero-order valence-electron chi connectivity index (χ0n) is 31.9. The smallest absolute Gasteiger partial charge is 0.160 e. The first kappa shape index (κ1) is 33.2. The average Bonchev–Trinajstić information content (AvgIpc) is 3.65. The second kappa shape index (κ2) is 13.3. The Kier molecular flexibility index (Phi) is 7.50. The molecule has 0 spiro atoms. The predicted octanol–water partition coefficient (Wildman–Crippen LogP) is 14.1. The lowest BCUT2D eigenvalue weighted by atomic mass is 9.94. The van der Waals surface area contributed by atoms with Gasteiger partial charge >= 0.3 is 0 Å². The maximum absolute atomic E-state index is 5.27. The molecular weight excluding hydrogens is 717 g/mol. The monoisotopic (exact) mass is 750 g/mol. The summed E-state index contributed by atoms with van der Waals surface area (Å²) in [5.41, 5.74) is 16.2. The third kappa shape index (κ3) is 5.57. The van der Waals surface area contributed by atoms with Crippen LogP contribution in [0.3, 0.4) is 0 Å². The number of rotatable bonds is 5. The molecule has 4 nitrogen and oxygen atoms in total. The number of nitrogens with zero attached hydrogens (tertiary/aromatic N) is 4. The first-order valence-electron chi connectivity index (χ1n) is 20.0. The molecule has 1 aliphatic rings. The van der Waals surface area contributed by atoms with Gasteiger partial charge in [0.25, 0.3) is 0 Å². The molecule has 274 valence electrons. The molecule has 12 rings (SSSR count). The van der Waals surface area contributed by atoms with E-state index in [0.717, 1.165) is 67.3 Å². The summed E-state index contributed by atoms with van der Waals surface area (Å²) in [4.78, 5) is 15.7. The highest BCUT2D eigenvalue weighted by atomic mass is 15.1. The van der Waals surface area contributed by atoms with E-state index < -0.39 is 0 Å². The van der Waals surface area contributed by atoms with Crippen LogP contribution in [-0.2, 0) is 0 Å². The SMILES string of the molecule is c1cc(-c2ccc(-c3nc4cccc5c4n3-c3ccccc3-c3ccccc3-5)cc2)cc(-c2nc(-c3ccc4ccccc4c3)cc(-c3ccc4ccccc4c3)n2)c1. The van der Waals surface area contributed by atoms with Crippen LogP contribution in [0.5, 0.6) is 0 Å². The fourth-order valence-corrected chi connectivity index (χ4v) is 8.84. The number of imidazole rings is 1. The Morgan fingerprint density at radius 1 is 0.305 bits per heavy atom. The number of aromatic nitrogens is 4. The van der Waals surface area contributed by atoms with Crippen molar-refractivity contribution >= 4 is 32.6 Å². The van der Waals surface area contributed by atoms with E-state index in [1.54, 1.807) is 0 Å². The van der Waals surface area contributed by atoms with Crippen LogP contribution in [0.4, 0.5) is 0 Å². The maximum Gasteiger partial charge on any atom is 0.160 e. The number of fused-ring (bicyclic) bond motifs is 7. The molecule has 4 heteroatoms. The lowest BCUT2D eigenvalue weighted by Gasteiger charge is -2.14. The highest BCUT2D eigenvalue weighted by Crippen LogP contribution is 2.45. The number of hydrogen-bond acceptors (Lipinski definition) is 3. The van der Waals surface area contributed by atoms with Gasteiger partial charge in [-0.25, -0.2) is 15.0 Å². The molecule has 11 aromatic rings. The molecule has 3 heterocycles. The minimum absolute atomic E-state index is 0.687. The highest BCUT2D eigenvalue weighted by Gasteiger charge is 2.25. The summed E-state index contributed by atoms with van der Waals surface area (Å²) in [6, 6.07) is 73.3. The average molecular weight is 751 g/mol. The molecule has 0 aliphatic carbocycles. The van der Waals surface area contributed by atoms with Gasteiger partial charge in [-0.2, -0.15) is 0 Å². The van der Waals surface area contributed by atoms with Gasteiger partial charge in [-0.3, -0.25) is 4.57 Å². The minimum Gasteiger partial charge on any atom is -0.291 e. The molecule has 0 radical (unpaired) electrons. The van der Waals surface area contributed by atoms with Gasteiger partial charge < -0.3 is 0 Å². The second-order valence-electron chi connectivity index (χ2n) is 15.3. The first-order valence-corrected chi connectivity index (χ1v) is 20.0. The van der Waals surface area contributed by atoms with E-state index in [4.69, 9.17) is 15.0 Å². The van der Waals surface area contributed by atoms with E-state index in [-0.39, 0.29) is 0 Å². The molecule has 0 unspecified atom stereocenters. The quantitative estimate of drug-likeness (QED) is 0.176. The molecule has 0 N–H and O–H groups in total. The number of benzene rings is 9. The Morgan fingerprint density at radius 3 is 1.53 bits per heavy atom. The summed E-state index contributed by atoms with van der Waals surface area (Å²) in [5.74, 6) is 1.61. The van der Waals surface area contributed by atoms with Crippen molar-refractivity contribution in [2.24, 2.45) is 0 Å². The van der Waals surface area contributed by atoms with Crippen LogP contribution in [0.15, 0.2) is 206 Å². The van der Waals surface area contributed by atoms with Crippen molar-refractivity contribution in [3.8, 4) is 84.4 Å². The zero-order valence-corrected chi connectivity index (χ0v) is 31.9. The lowest BCUT2D eigenvalue weighted by molar-refractivity contribution is 1.11. The van der Waals surface area contributed by atoms with Crippen LogP contribution in [-0.4, -0.2) is 19.5 Å². The van der Waals surface area contributed by atoms with Gasteiger partial charge in [0.1, 0.15) is 5.82 Å². The standard InChI is InChI=1S/C55H34N4/c1-3-13-39-31-42(29-25-35(39)11-1)50-34-51(43-30-26-36-12-2-4-14-40(36)32-43)57-54(56-50)44-16-9-15-41(33-44)37-23-27-38(28-24-37)55-58-49-21-10-20-48-46-18-6-5-17-45(46)47-19-7-8-22-52(47)59(55)53(48)49/h1-34H. The number of para-hydroxylation sites is 2. The second-order valence-corrected chi connectivity index (χ2v) is 15.3. The minimum atomic E-state index is 0.687. The van der Waals surface area contributed by atoms with Crippen molar-refractivity contribution in [2.75, 3.05) is 0 Å². The van der Waals surface area contributed by atoms with Gasteiger partial charge in [0.2, 0.25) is 0 Å². The Labute approximate surface area is 341 Å². The van der Waals surface area contributed by atoms with Gasteiger partial charge in [-0.15, -0.1) is 0 Å². The zero-order chi connectivity index (χ0) is 38.9. The molecule has 0 bridgehead atoms. The molecule has 0 saturated carbocycles. The molecule has 0 atom stereocenters. The first-order chi connectivity index (χ1) is 29.2. The van der Waals surface area contributed by atoms with E-state index >= 15 is 0 Å². The number of hydrogen-bond donors (Lipinski definition) is 0. The Morgan fingerprint density at radius 2 is 0.831 bits per heavy atom. The van der Waals surface area contributed by atoms with Crippen molar-refractivity contribution in [3.63, 3.8) is 0 Å². The van der Waals surface area contributed by atoms with Gasteiger partial charge in [0, 0.05) is 33.4 Å². The summed E-state index contributed by atoms with van der Waals surface area (Å²) in [5, 5.41) is 4.77. The summed E-state index contributed by atoms with van der Waals surface area (Å²) < 4.78 is 2.35. The van der Waals surface area contributed by atoms with Crippen molar-refractivity contribution in [3.05, 3.63) is 206 Å². The van der Waals surface area contributed by atoms with Gasteiger partial charge in [0.05, 0.1) is 28.1 Å². The Hall–Kier alpha value is -7.95. The van der Waals surface area contributed by atoms with Crippen molar-refractivity contribution in [2.45, 2.75) is 0 Å².